The zero-order valence-corrected chi connectivity index (χ0v) is 14.3. The molecule has 0 unspecified atom stereocenters. The molecule has 1 aliphatic heterocycles. The number of nitrogens with two attached hydrogens (primary N) is 1. The van der Waals surface area contributed by atoms with Crippen LogP contribution in [0.4, 0.5) is 4.79 Å². The summed E-state index contributed by atoms with van der Waals surface area (Å²) in [6, 6.07) is 2.96. The first kappa shape index (κ1) is 19.5. The molecule has 0 saturated heterocycles. The summed E-state index contributed by atoms with van der Waals surface area (Å²) in [4.78, 5) is 32.9. The Labute approximate surface area is 148 Å². The maximum Gasteiger partial charge on any atom is 0.321 e. The molecule has 1 aromatic rings. The van der Waals surface area contributed by atoms with E-state index in [2.05, 4.69) is 4.74 Å². The van der Waals surface area contributed by atoms with E-state index < -0.39 is 41.1 Å². The van der Waals surface area contributed by atoms with E-state index in [4.69, 9.17) is 15.2 Å². The van der Waals surface area contributed by atoms with Crippen molar-refractivity contribution in [1.29, 1.82) is 0 Å². The lowest BCUT2D eigenvalue weighted by atomic mass is 10.3. The number of rotatable bonds is 6. The number of sulfonamides is 1. The van der Waals surface area contributed by atoms with E-state index in [9.17, 15) is 22.8 Å². The van der Waals surface area contributed by atoms with Crippen LogP contribution in [0.25, 0.3) is 0 Å². The zero-order chi connectivity index (χ0) is 19.2. The summed E-state index contributed by atoms with van der Waals surface area (Å²) in [5.41, 5.74) is 4.72. The van der Waals surface area contributed by atoms with Crippen molar-refractivity contribution in [3.05, 3.63) is 18.2 Å². The molecule has 0 saturated carbocycles. The van der Waals surface area contributed by atoms with Crippen LogP contribution in [0.3, 0.4) is 0 Å². The zero-order valence-electron chi connectivity index (χ0n) is 13.5. The molecule has 1 aromatic carbocycles. The molecule has 0 atom stereocenters. The van der Waals surface area contributed by atoms with Gasteiger partial charge < -0.3 is 19.9 Å². The monoisotopic (exact) mass is 387 g/mol. The number of hydrogen-bond donors (Lipinski definition) is 3. The van der Waals surface area contributed by atoms with E-state index in [1.807, 2.05) is 4.72 Å². The maximum absolute atomic E-state index is 12.2. The highest BCUT2D eigenvalue weighted by molar-refractivity contribution is 7.89. The Morgan fingerprint density at radius 2 is 1.85 bits per heavy atom. The molecular formula is C14H17N3O8S. The van der Waals surface area contributed by atoms with Crippen molar-refractivity contribution in [2.45, 2.75) is 11.3 Å². The van der Waals surface area contributed by atoms with E-state index in [1.165, 1.54) is 18.2 Å². The van der Waals surface area contributed by atoms with Crippen molar-refractivity contribution >= 4 is 27.9 Å². The van der Waals surface area contributed by atoms with Crippen molar-refractivity contribution in [3.63, 3.8) is 0 Å². The van der Waals surface area contributed by atoms with Crippen molar-refractivity contribution in [1.82, 2.24) is 10.0 Å². The first-order chi connectivity index (χ1) is 12.3. The molecule has 4 N–H and O–H groups in total. The Morgan fingerprint density at radius 3 is 2.54 bits per heavy atom. The molecule has 1 heterocycles. The van der Waals surface area contributed by atoms with Gasteiger partial charge in [-0.2, -0.15) is 4.72 Å². The third kappa shape index (κ3) is 5.60. The first-order valence-corrected chi connectivity index (χ1v) is 8.90. The van der Waals surface area contributed by atoms with Crippen LogP contribution in [-0.4, -0.2) is 52.7 Å². The Kier molecular flexibility index (Phi) is 6.36. The van der Waals surface area contributed by atoms with Gasteiger partial charge in [-0.25, -0.2) is 13.2 Å². The lowest BCUT2D eigenvalue weighted by Gasteiger charge is -2.10. The largest absolute Gasteiger partial charge is 0.490 e. The summed E-state index contributed by atoms with van der Waals surface area (Å²) in [6.45, 7) is -0.621. The lowest BCUT2D eigenvalue weighted by Crippen LogP contribution is -2.39. The number of primary amides is 1. The summed E-state index contributed by atoms with van der Waals surface area (Å²) < 4.78 is 41.9. The molecule has 0 aliphatic carbocycles. The third-order valence-electron chi connectivity index (χ3n) is 3.06. The molecule has 142 valence electrons. The number of ether oxygens (including phenoxy) is 3. The molecule has 0 aromatic heterocycles. The van der Waals surface area contributed by atoms with Crippen LogP contribution in [-0.2, 0) is 24.3 Å². The molecule has 3 amide bonds. The molecule has 0 radical (unpaired) electrons. The second kappa shape index (κ2) is 8.49. The molecular weight excluding hydrogens is 370 g/mol. The number of benzene rings is 1. The van der Waals surface area contributed by atoms with Gasteiger partial charge in [0.1, 0.15) is 6.54 Å². The highest BCUT2D eigenvalue weighted by atomic mass is 32.2. The van der Waals surface area contributed by atoms with Crippen LogP contribution >= 0.6 is 0 Å². The average Bonchev–Trinajstić information content (AvgIpc) is 2.82. The van der Waals surface area contributed by atoms with Gasteiger partial charge in [0.15, 0.2) is 18.1 Å². The number of fused-ring (bicyclic) bond motifs is 1. The van der Waals surface area contributed by atoms with Gasteiger partial charge in [-0.05, 0) is 12.1 Å². The number of amides is 3. The van der Waals surface area contributed by atoms with Gasteiger partial charge in [-0.15, -0.1) is 0 Å². The first-order valence-electron chi connectivity index (χ1n) is 7.42. The summed E-state index contributed by atoms with van der Waals surface area (Å²) in [6.07, 6.45) is 0.671. The summed E-state index contributed by atoms with van der Waals surface area (Å²) in [7, 11) is -4.02. The molecule has 1 aliphatic rings. The smallest absolute Gasteiger partial charge is 0.321 e. The molecule has 2 rings (SSSR count). The molecule has 0 bridgehead atoms. The summed E-state index contributed by atoms with van der Waals surface area (Å²) in [5.74, 6) is -1.23. The summed E-state index contributed by atoms with van der Waals surface area (Å²) in [5, 5.41) is 1.69. The molecule has 0 spiro atoms. The van der Waals surface area contributed by atoms with E-state index in [-0.39, 0.29) is 10.6 Å². The number of hydrogen-bond acceptors (Lipinski definition) is 8. The van der Waals surface area contributed by atoms with Gasteiger partial charge >= 0.3 is 12.0 Å². The van der Waals surface area contributed by atoms with Crippen LogP contribution < -0.4 is 25.2 Å². The fourth-order valence-electron chi connectivity index (χ4n) is 1.92. The van der Waals surface area contributed by atoms with Gasteiger partial charge in [0.05, 0.1) is 18.1 Å². The van der Waals surface area contributed by atoms with Crippen LogP contribution in [0, 0.1) is 0 Å². The minimum absolute atomic E-state index is 0.124. The second-order valence-corrected chi connectivity index (χ2v) is 6.82. The van der Waals surface area contributed by atoms with Crippen LogP contribution in [0.5, 0.6) is 11.5 Å². The SMILES string of the molecule is NC(=O)NC(=O)COC(=O)CNS(=O)(=O)c1ccc2c(c1)OCCCO2. The maximum atomic E-state index is 12.2. The number of nitrogens with one attached hydrogen (secondary N) is 2. The third-order valence-corrected chi connectivity index (χ3v) is 4.46. The Bertz CT molecular complexity index is 808. The fourth-order valence-corrected chi connectivity index (χ4v) is 2.90. The Hall–Kier alpha value is -2.86. The van der Waals surface area contributed by atoms with E-state index in [0.717, 1.165) is 0 Å². The summed E-state index contributed by atoms with van der Waals surface area (Å²) >= 11 is 0. The van der Waals surface area contributed by atoms with Gasteiger partial charge in [0.2, 0.25) is 10.0 Å². The van der Waals surface area contributed by atoms with E-state index in [0.29, 0.717) is 25.4 Å². The van der Waals surface area contributed by atoms with Gasteiger partial charge in [-0.1, -0.05) is 0 Å². The van der Waals surface area contributed by atoms with Crippen LogP contribution in [0.1, 0.15) is 6.42 Å². The molecule has 12 heteroatoms. The second-order valence-electron chi connectivity index (χ2n) is 5.06. The number of carbonyl (C=O) groups is 3. The quantitative estimate of drug-likeness (QED) is 0.516. The normalized spacial score (nSPS) is 13.4. The number of carbonyl (C=O) groups excluding carboxylic acids is 3. The lowest BCUT2D eigenvalue weighted by molar-refractivity contribution is -0.147. The number of imide groups is 1. The Morgan fingerprint density at radius 1 is 1.15 bits per heavy atom. The minimum Gasteiger partial charge on any atom is -0.490 e. The van der Waals surface area contributed by atoms with Crippen molar-refractivity contribution in [2.75, 3.05) is 26.4 Å². The van der Waals surface area contributed by atoms with Crippen LogP contribution in [0.15, 0.2) is 23.1 Å². The molecule has 0 fully saturated rings. The minimum atomic E-state index is -4.02. The standard InChI is InChI=1S/C14H17N3O8S/c15-14(20)17-12(18)8-25-13(19)7-16-26(21,22)9-2-3-10-11(6-9)24-5-1-4-23-10/h2-3,6,16H,1,4-5,7-8H2,(H3,15,17,18,20). The number of urea groups is 1. The molecule has 26 heavy (non-hydrogen) atoms. The van der Waals surface area contributed by atoms with Crippen molar-refractivity contribution in [2.24, 2.45) is 5.73 Å². The average molecular weight is 387 g/mol. The highest BCUT2D eigenvalue weighted by Gasteiger charge is 2.20. The van der Waals surface area contributed by atoms with Crippen LogP contribution in [0.2, 0.25) is 0 Å². The van der Waals surface area contributed by atoms with Gasteiger partial charge in [-0.3, -0.25) is 14.9 Å². The molecule has 11 nitrogen and oxygen atoms in total. The van der Waals surface area contributed by atoms with E-state index in [1.54, 1.807) is 5.32 Å². The number of esters is 1. The van der Waals surface area contributed by atoms with Crippen molar-refractivity contribution in [3.8, 4) is 11.5 Å². The van der Waals surface area contributed by atoms with Crippen molar-refractivity contribution < 1.29 is 37.0 Å². The topological polar surface area (TPSA) is 163 Å². The predicted molar refractivity (Wildman–Crippen MR) is 85.9 cm³/mol. The van der Waals surface area contributed by atoms with Gasteiger partial charge in [0, 0.05) is 12.5 Å². The van der Waals surface area contributed by atoms with E-state index >= 15 is 0 Å². The fraction of sp³-hybridized carbons (Fsp3) is 0.357. The Balaban J connectivity index is 1.92. The highest BCUT2D eigenvalue weighted by Crippen LogP contribution is 2.31. The predicted octanol–water partition coefficient (Wildman–Crippen LogP) is -1.14. The van der Waals surface area contributed by atoms with Gasteiger partial charge in [0.25, 0.3) is 5.91 Å².